The van der Waals surface area contributed by atoms with Gasteiger partial charge in [0.15, 0.2) is 10.6 Å². The van der Waals surface area contributed by atoms with Gasteiger partial charge in [-0.05, 0) is 6.42 Å². The van der Waals surface area contributed by atoms with Crippen molar-refractivity contribution in [1.29, 1.82) is 0 Å². The summed E-state index contributed by atoms with van der Waals surface area (Å²) in [6.07, 6.45) is 3.15. The van der Waals surface area contributed by atoms with Gasteiger partial charge in [0, 0.05) is 12.5 Å². The molecule has 1 heterocycles. The van der Waals surface area contributed by atoms with Crippen LogP contribution in [0.2, 0.25) is 0 Å². The van der Waals surface area contributed by atoms with E-state index in [2.05, 4.69) is 0 Å². The molecule has 0 aromatic heterocycles. The van der Waals surface area contributed by atoms with E-state index in [1.54, 1.807) is 0 Å². The average molecular weight is 195 g/mol. The molecule has 11 heavy (non-hydrogen) atoms. The monoisotopic (exact) mass is 194 g/mol. The van der Waals surface area contributed by atoms with E-state index in [9.17, 15) is 4.79 Å². The van der Waals surface area contributed by atoms with Crippen molar-refractivity contribution in [3.8, 4) is 0 Å². The summed E-state index contributed by atoms with van der Waals surface area (Å²) < 4.78 is 5.10. The Kier molecular flexibility index (Phi) is 3.21. The highest BCUT2D eigenvalue weighted by Crippen LogP contribution is 2.17. The second-order valence-corrected chi connectivity index (χ2v) is 3.36. The largest absolute Gasteiger partial charge is 0.498 e. The topological polar surface area (TPSA) is 26.3 Å². The number of carbonyl (C=O) groups is 1. The van der Waals surface area contributed by atoms with Crippen molar-refractivity contribution in [1.82, 2.24) is 0 Å². The van der Waals surface area contributed by atoms with Gasteiger partial charge in [-0.15, -0.1) is 0 Å². The standard InChI is InChI=1S/C7H8Cl2O2/c8-7(9)6(10)4-5-2-1-3-11-5/h4,7H,1-3H2/b5-4-. The van der Waals surface area contributed by atoms with Crippen LogP contribution in [-0.4, -0.2) is 17.2 Å². The van der Waals surface area contributed by atoms with Gasteiger partial charge in [0.2, 0.25) is 0 Å². The summed E-state index contributed by atoms with van der Waals surface area (Å²) in [4.78, 5) is 9.91. The third-order valence-corrected chi connectivity index (χ3v) is 1.80. The predicted octanol–water partition coefficient (Wildman–Crippen LogP) is 2.05. The van der Waals surface area contributed by atoms with Crippen LogP contribution in [-0.2, 0) is 9.53 Å². The highest BCUT2D eigenvalue weighted by Gasteiger charge is 2.13. The van der Waals surface area contributed by atoms with Crippen molar-refractivity contribution < 1.29 is 9.53 Å². The van der Waals surface area contributed by atoms with Gasteiger partial charge in [-0.2, -0.15) is 0 Å². The zero-order valence-electron chi connectivity index (χ0n) is 5.85. The predicted molar refractivity (Wildman–Crippen MR) is 43.8 cm³/mol. The van der Waals surface area contributed by atoms with Crippen LogP contribution in [0.15, 0.2) is 11.8 Å². The van der Waals surface area contributed by atoms with E-state index in [1.165, 1.54) is 6.08 Å². The number of ether oxygens (including phenoxy) is 1. The van der Waals surface area contributed by atoms with Gasteiger partial charge >= 0.3 is 0 Å². The molecular weight excluding hydrogens is 187 g/mol. The van der Waals surface area contributed by atoms with Crippen LogP contribution in [0, 0.1) is 0 Å². The lowest BCUT2D eigenvalue weighted by Gasteiger charge is -1.97. The van der Waals surface area contributed by atoms with Gasteiger partial charge in [-0.25, -0.2) is 0 Å². The van der Waals surface area contributed by atoms with E-state index in [1.807, 2.05) is 0 Å². The highest BCUT2D eigenvalue weighted by atomic mass is 35.5. The van der Waals surface area contributed by atoms with E-state index in [0.29, 0.717) is 12.4 Å². The van der Waals surface area contributed by atoms with Crippen molar-refractivity contribution >= 4 is 29.0 Å². The Hall–Kier alpha value is -0.210. The van der Waals surface area contributed by atoms with Crippen LogP contribution in [0.3, 0.4) is 0 Å². The molecular formula is C7H8Cl2O2. The van der Waals surface area contributed by atoms with Gasteiger partial charge in [0.1, 0.15) is 0 Å². The average Bonchev–Trinajstić information content (AvgIpc) is 2.39. The number of carbonyl (C=O) groups excluding carboxylic acids is 1. The smallest absolute Gasteiger partial charge is 0.191 e. The summed E-state index contributed by atoms with van der Waals surface area (Å²) in [5.41, 5.74) is 0. The molecule has 0 spiro atoms. The molecule has 1 saturated heterocycles. The van der Waals surface area contributed by atoms with Crippen molar-refractivity contribution in [3.05, 3.63) is 11.8 Å². The van der Waals surface area contributed by atoms with Crippen LogP contribution in [0.1, 0.15) is 12.8 Å². The molecule has 4 heteroatoms. The summed E-state index contributed by atoms with van der Waals surface area (Å²) in [6.45, 7) is 0.689. The van der Waals surface area contributed by atoms with E-state index in [0.717, 1.165) is 12.8 Å². The minimum absolute atomic E-state index is 0.301. The Labute approximate surface area is 75.1 Å². The maximum Gasteiger partial charge on any atom is 0.191 e. The van der Waals surface area contributed by atoms with Crippen molar-refractivity contribution in [2.75, 3.05) is 6.61 Å². The number of alkyl halides is 2. The molecule has 0 N–H and O–H groups in total. The van der Waals surface area contributed by atoms with E-state index < -0.39 is 4.84 Å². The fourth-order valence-electron chi connectivity index (χ4n) is 0.857. The first-order valence-corrected chi connectivity index (χ1v) is 4.23. The Balaban J connectivity index is 2.50. The molecule has 0 unspecified atom stereocenters. The van der Waals surface area contributed by atoms with Gasteiger partial charge in [0.25, 0.3) is 0 Å². The number of allylic oxidation sites excluding steroid dienone is 2. The Morgan fingerprint density at radius 1 is 1.64 bits per heavy atom. The number of ketones is 1. The lowest BCUT2D eigenvalue weighted by molar-refractivity contribution is -0.113. The first-order valence-electron chi connectivity index (χ1n) is 3.35. The van der Waals surface area contributed by atoms with Crippen molar-refractivity contribution in [2.45, 2.75) is 17.7 Å². The summed E-state index contributed by atoms with van der Waals surface area (Å²) in [5, 5.41) is 0. The zero-order valence-corrected chi connectivity index (χ0v) is 7.36. The fourth-order valence-corrected chi connectivity index (χ4v) is 0.983. The Morgan fingerprint density at radius 3 is 2.82 bits per heavy atom. The lowest BCUT2D eigenvalue weighted by atomic mass is 10.3. The summed E-state index contributed by atoms with van der Waals surface area (Å²) >= 11 is 10.6. The van der Waals surface area contributed by atoms with Crippen LogP contribution in [0.4, 0.5) is 0 Å². The number of hydrogen-bond acceptors (Lipinski definition) is 2. The molecule has 1 fully saturated rings. The molecule has 0 saturated carbocycles. The summed E-state index contributed by atoms with van der Waals surface area (Å²) in [6, 6.07) is 0. The van der Waals surface area contributed by atoms with Crippen molar-refractivity contribution in [3.63, 3.8) is 0 Å². The molecule has 1 aliphatic rings. The molecule has 0 aliphatic carbocycles. The fraction of sp³-hybridized carbons (Fsp3) is 0.571. The minimum atomic E-state index is -0.966. The second-order valence-electron chi connectivity index (χ2n) is 2.27. The molecule has 2 nitrogen and oxygen atoms in total. The van der Waals surface area contributed by atoms with Crippen LogP contribution >= 0.6 is 23.2 Å². The maximum atomic E-state index is 10.9. The first-order chi connectivity index (χ1) is 5.20. The number of halogens is 2. The lowest BCUT2D eigenvalue weighted by Crippen LogP contribution is -2.04. The number of rotatable bonds is 2. The van der Waals surface area contributed by atoms with Crippen LogP contribution in [0.5, 0.6) is 0 Å². The van der Waals surface area contributed by atoms with Gasteiger partial charge in [-0.3, -0.25) is 4.79 Å². The minimum Gasteiger partial charge on any atom is -0.498 e. The molecule has 0 atom stereocenters. The van der Waals surface area contributed by atoms with E-state index >= 15 is 0 Å². The highest BCUT2D eigenvalue weighted by molar-refractivity contribution is 6.54. The van der Waals surface area contributed by atoms with Crippen LogP contribution in [0.25, 0.3) is 0 Å². The Bertz CT molecular complexity index is 179. The van der Waals surface area contributed by atoms with Gasteiger partial charge in [0.05, 0.1) is 12.4 Å². The summed E-state index contributed by atoms with van der Waals surface area (Å²) in [5.74, 6) is 0.395. The van der Waals surface area contributed by atoms with E-state index in [-0.39, 0.29) is 5.78 Å². The second kappa shape index (κ2) is 3.98. The molecule has 0 bridgehead atoms. The summed E-state index contributed by atoms with van der Waals surface area (Å²) in [7, 11) is 0. The zero-order chi connectivity index (χ0) is 8.27. The van der Waals surface area contributed by atoms with Crippen molar-refractivity contribution in [2.24, 2.45) is 0 Å². The number of hydrogen-bond donors (Lipinski definition) is 0. The maximum absolute atomic E-state index is 10.9. The first kappa shape index (κ1) is 8.88. The third kappa shape index (κ3) is 2.72. The quantitative estimate of drug-likeness (QED) is 0.497. The molecule has 0 radical (unpaired) electrons. The molecule has 62 valence electrons. The van der Waals surface area contributed by atoms with Gasteiger partial charge in [-0.1, -0.05) is 23.2 Å². The molecule has 0 aromatic carbocycles. The SMILES string of the molecule is O=C(/C=C1/CCCO1)C(Cl)Cl. The third-order valence-electron chi connectivity index (χ3n) is 1.37. The Morgan fingerprint density at radius 2 is 2.36 bits per heavy atom. The van der Waals surface area contributed by atoms with Gasteiger partial charge < -0.3 is 4.74 Å². The molecule has 0 aromatic rings. The molecule has 1 aliphatic heterocycles. The molecule has 0 amide bonds. The normalized spacial score (nSPS) is 20.8. The molecule has 1 rings (SSSR count). The van der Waals surface area contributed by atoms with E-state index in [4.69, 9.17) is 27.9 Å². The van der Waals surface area contributed by atoms with Crippen LogP contribution < -0.4 is 0 Å².